The van der Waals surface area contributed by atoms with Crippen LogP contribution in [0, 0.1) is 0 Å². The molecule has 19 heavy (non-hydrogen) atoms. The Labute approximate surface area is 116 Å². The van der Waals surface area contributed by atoms with Crippen LogP contribution in [0.5, 0.6) is 0 Å². The van der Waals surface area contributed by atoms with Gasteiger partial charge in [-0.05, 0) is 41.2 Å². The lowest BCUT2D eigenvalue weighted by atomic mass is 9.94. The summed E-state index contributed by atoms with van der Waals surface area (Å²) in [5.74, 6) is 1.09. The van der Waals surface area contributed by atoms with Gasteiger partial charge in [-0.3, -0.25) is 0 Å². The van der Waals surface area contributed by atoms with Crippen LogP contribution in [0.1, 0.15) is 50.7 Å². The molecule has 100 valence electrons. The lowest BCUT2D eigenvalue weighted by Gasteiger charge is -2.17. The highest BCUT2D eigenvalue weighted by molar-refractivity contribution is 5.64. The quantitative estimate of drug-likeness (QED) is 0.739. The summed E-state index contributed by atoms with van der Waals surface area (Å²) in [6.07, 6.45) is 0. The van der Waals surface area contributed by atoms with Crippen LogP contribution in [0.2, 0.25) is 0 Å². The van der Waals surface area contributed by atoms with E-state index in [2.05, 4.69) is 75.5 Å². The molecule has 0 heterocycles. The summed E-state index contributed by atoms with van der Waals surface area (Å²) < 4.78 is 0. The summed E-state index contributed by atoms with van der Waals surface area (Å²) in [7, 11) is 0. The first-order chi connectivity index (χ1) is 9.08. The Morgan fingerprint density at radius 2 is 1.47 bits per heavy atom. The van der Waals surface area contributed by atoms with E-state index in [1.807, 2.05) is 6.07 Å². The summed E-state index contributed by atoms with van der Waals surface area (Å²) in [4.78, 5) is 0. The van der Waals surface area contributed by atoms with Crippen molar-refractivity contribution in [2.45, 2.75) is 39.5 Å². The molecule has 0 saturated heterocycles. The van der Waals surface area contributed by atoms with Gasteiger partial charge < -0.3 is 5.32 Å². The minimum Gasteiger partial charge on any atom is -0.355 e. The zero-order valence-corrected chi connectivity index (χ0v) is 12.3. The second-order valence-electron chi connectivity index (χ2n) is 5.65. The van der Waals surface area contributed by atoms with E-state index < -0.39 is 0 Å². The Hall–Kier alpha value is -1.76. The number of nitrogens with one attached hydrogen (secondary N) is 1. The van der Waals surface area contributed by atoms with E-state index in [9.17, 15) is 0 Å². The molecule has 0 aliphatic heterocycles. The number of hydrogen-bond donors (Lipinski definition) is 1. The van der Waals surface area contributed by atoms with Crippen molar-refractivity contribution in [2.75, 3.05) is 5.32 Å². The van der Waals surface area contributed by atoms with Gasteiger partial charge in [-0.2, -0.15) is 0 Å². The minimum absolute atomic E-state index is 0.518. The highest BCUT2D eigenvalue weighted by atomic mass is 14.9. The smallest absolute Gasteiger partial charge is 0.0419 e. The third-order valence-corrected chi connectivity index (χ3v) is 3.42. The number of rotatable bonds is 4. The first-order valence-corrected chi connectivity index (χ1v) is 7.04. The van der Waals surface area contributed by atoms with E-state index in [1.54, 1.807) is 0 Å². The third kappa shape index (κ3) is 3.37. The standard InChI is InChI=1S/C18H23N/c1-13(2)15-10-11-18(17(12-15)14(3)4)19-16-8-6-5-7-9-16/h5-14,19H,1-4H3. The first kappa shape index (κ1) is 13.7. The van der Waals surface area contributed by atoms with Gasteiger partial charge in [0, 0.05) is 11.4 Å². The summed E-state index contributed by atoms with van der Waals surface area (Å²) in [5.41, 5.74) is 5.14. The normalized spacial score (nSPS) is 11.1. The van der Waals surface area contributed by atoms with Gasteiger partial charge in [0.1, 0.15) is 0 Å². The molecule has 0 aromatic heterocycles. The van der Waals surface area contributed by atoms with Crippen molar-refractivity contribution in [3.63, 3.8) is 0 Å². The van der Waals surface area contributed by atoms with Crippen LogP contribution in [-0.2, 0) is 0 Å². The Bertz CT molecular complexity index is 527. The molecule has 0 bridgehead atoms. The molecule has 0 aliphatic rings. The Balaban J connectivity index is 2.34. The van der Waals surface area contributed by atoms with Gasteiger partial charge in [0.25, 0.3) is 0 Å². The maximum atomic E-state index is 3.52. The second kappa shape index (κ2) is 5.92. The molecule has 0 amide bonds. The molecule has 1 heteroatoms. The highest BCUT2D eigenvalue weighted by Gasteiger charge is 2.09. The molecular formula is C18H23N. The first-order valence-electron chi connectivity index (χ1n) is 7.04. The van der Waals surface area contributed by atoms with E-state index in [4.69, 9.17) is 0 Å². The minimum atomic E-state index is 0.518. The molecule has 0 fully saturated rings. The molecule has 0 atom stereocenters. The zero-order chi connectivity index (χ0) is 13.8. The molecule has 2 rings (SSSR count). The van der Waals surface area contributed by atoms with Crippen molar-refractivity contribution < 1.29 is 0 Å². The number of benzene rings is 2. The van der Waals surface area contributed by atoms with E-state index >= 15 is 0 Å². The van der Waals surface area contributed by atoms with Gasteiger partial charge in [0.2, 0.25) is 0 Å². The van der Waals surface area contributed by atoms with Crippen molar-refractivity contribution in [1.82, 2.24) is 0 Å². The molecule has 0 aliphatic carbocycles. The third-order valence-electron chi connectivity index (χ3n) is 3.42. The topological polar surface area (TPSA) is 12.0 Å². The van der Waals surface area contributed by atoms with Gasteiger partial charge in [0.05, 0.1) is 0 Å². The molecule has 1 N–H and O–H groups in total. The zero-order valence-electron chi connectivity index (χ0n) is 12.3. The van der Waals surface area contributed by atoms with Crippen molar-refractivity contribution in [1.29, 1.82) is 0 Å². The Kier molecular flexibility index (Phi) is 4.26. The van der Waals surface area contributed by atoms with Gasteiger partial charge in [-0.15, -0.1) is 0 Å². The van der Waals surface area contributed by atoms with E-state index in [0.29, 0.717) is 11.8 Å². The summed E-state index contributed by atoms with van der Waals surface area (Å²) >= 11 is 0. The van der Waals surface area contributed by atoms with Crippen molar-refractivity contribution >= 4 is 11.4 Å². The summed E-state index contributed by atoms with van der Waals surface area (Å²) in [5, 5.41) is 3.52. The molecule has 0 spiro atoms. The summed E-state index contributed by atoms with van der Waals surface area (Å²) in [6.45, 7) is 8.97. The predicted octanol–water partition coefficient (Wildman–Crippen LogP) is 5.68. The molecule has 0 radical (unpaired) electrons. The molecule has 0 unspecified atom stereocenters. The second-order valence-corrected chi connectivity index (χ2v) is 5.65. The SMILES string of the molecule is CC(C)c1ccc(Nc2ccccc2)c(C(C)C)c1. The van der Waals surface area contributed by atoms with E-state index in [-0.39, 0.29) is 0 Å². The summed E-state index contributed by atoms with van der Waals surface area (Å²) in [6, 6.07) is 17.1. The largest absolute Gasteiger partial charge is 0.355 e. The van der Waals surface area contributed by atoms with Gasteiger partial charge in [-0.1, -0.05) is 58.0 Å². The number of hydrogen-bond acceptors (Lipinski definition) is 1. The average molecular weight is 253 g/mol. The Morgan fingerprint density at radius 1 is 0.789 bits per heavy atom. The lowest BCUT2D eigenvalue weighted by molar-refractivity contribution is 0.835. The average Bonchev–Trinajstić information content (AvgIpc) is 2.39. The van der Waals surface area contributed by atoms with Crippen molar-refractivity contribution in [2.24, 2.45) is 0 Å². The highest BCUT2D eigenvalue weighted by Crippen LogP contribution is 2.30. The number of para-hydroxylation sites is 1. The maximum absolute atomic E-state index is 3.52. The molecule has 0 saturated carbocycles. The van der Waals surface area contributed by atoms with Crippen LogP contribution in [-0.4, -0.2) is 0 Å². The van der Waals surface area contributed by atoms with E-state index in [0.717, 1.165) is 5.69 Å². The van der Waals surface area contributed by atoms with Crippen LogP contribution in [0.4, 0.5) is 11.4 Å². The molecule has 1 nitrogen and oxygen atoms in total. The van der Waals surface area contributed by atoms with Crippen LogP contribution < -0.4 is 5.32 Å². The van der Waals surface area contributed by atoms with Crippen molar-refractivity contribution in [3.8, 4) is 0 Å². The lowest BCUT2D eigenvalue weighted by Crippen LogP contribution is -2.00. The fourth-order valence-corrected chi connectivity index (χ4v) is 2.21. The monoisotopic (exact) mass is 253 g/mol. The molecular weight excluding hydrogens is 230 g/mol. The number of anilines is 2. The van der Waals surface area contributed by atoms with Crippen molar-refractivity contribution in [3.05, 3.63) is 59.7 Å². The predicted molar refractivity (Wildman–Crippen MR) is 84.3 cm³/mol. The molecule has 2 aromatic rings. The van der Waals surface area contributed by atoms with Crippen LogP contribution >= 0.6 is 0 Å². The fraction of sp³-hybridized carbons (Fsp3) is 0.333. The van der Waals surface area contributed by atoms with Crippen LogP contribution in [0.25, 0.3) is 0 Å². The molecule has 2 aromatic carbocycles. The van der Waals surface area contributed by atoms with E-state index in [1.165, 1.54) is 16.8 Å². The van der Waals surface area contributed by atoms with Gasteiger partial charge in [0.15, 0.2) is 0 Å². The maximum Gasteiger partial charge on any atom is 0.0419 e. The Morgan fingerprint density at radius 3 is 2.05 bits per heavy atom. The van der Waals surface area contributed by atoms with Crippen LogP contribution in [0.15, 0.2) is 48.5 Å². The van der Waals surface area contributed by atoms with Gasteiger partial charge in [-0.25, -0.2) is 0 Å². The van der Waals surface area contributed by atoms with Gasteiger partial charge >= 0.3 is 0 Å². The fourth-order valence-electron chi connectivity index (χ4n) is 2.21. The van der Waals surface area contributed by atoms with Crippen LogP contribution in [0.3, 0.4) is 0 Å².